The molecule has 0 atom stereocenters. The molecular weight excluding hydrogens is 401 g/mol. The van der Waals surface area contributed by atoms with Crippen molar-refractivity contribution >= 4 is 34.9 Å². The van der Waals surface area contributed by atoms with E-state index >= 15 is 0 Å². The highest BCUT2D eigenvalue weighted by atomic mass is 35.5. The molecule has 3 heterocycles. The molecule has 4 rings (SSSR count). The van der Waals surface area contributed by atoms with Crippen molar-refractivity contribution in [1.82, 2.24) is 19.6 Å². The quantitative estimate of drug-likeness (QED) is 0.508. The molecule has 0 saturated carbocycles. The van der Waals surface area contributed by atoms with Gasteiger partial charge in [0.2, 0.25) is 0 Å². The van der Waals surface area contributed by atoms with Gasteiger partial charge in [0.05, 0.1) is 19.3 Å². The van der Waals surface area contributed by atoms with Crippen LogP contribution in [-0.2, 0) is 13.1 Å². The fourth-order valence-corrected chi connectivity index (χ4v) is 3.16. The van der Waals surface area contributed by atoms with Gasteiger partial charge < -0.3 is 9.73 Å². The monoisotopic (exact) mass is 415 g/mol. The van der Waals surface area contributed by atoms with Gasteiger partial charge in [-0.3, -0.25) is 9.48 Å². The fourth-order valence-electron chi connectivity index (χ4n) is 2.69. The molecule has 0 aliphatic rings. The average Bonchev–Trinajstić information content (AvgIpc) is 3.41. The summed E-state index contributed by atoms with van der Waals surface area (Å²) in [6.07, 6.45) is 5.11. The zero-order valence-corrected chi connectivity index (χ0v) is 16.1. The van der Waals surface area contributed by atoms with E-state index in [1.807, 2.05) is 18.3 Å². The second-order valence-electron chi connectivity index (χ2n) is 6.03. The second-order valence-corrected chi connectivity index (χ2v) is 6.88. The number of rotatable bonds is 6. The summed E-state index contributed by atoms with van der Waals surface area (Å²) in [5.74, 6) is 1.01. The Morgan fingerprint density at radius 3 is 2.75 bits per heavy atom. The smallest absolute Gasteiger partial charge is 0.292 e. The van der Waals surface area contributed by atoms with Gasteiger partial charge in [-0.1, -0.05) is 29.3 Å². The van der Waals surface area contributed by atoms with Gasteiger partial charge >= 0.3 is 0 Å². The number of nitrogens with zero attached hydrogens (tertiary/aromatic N) is 4. The van der Waals surface area contributed by atoms with E-state index in [9.17, 15) is 4.79 Å². The van der Waals surface area contributed by atoms with Crippen molar-refractivity contribution in [3.8, 4) is 0 Å². The van der Waals surface area contributed by atoms with Crippen LogP contribution in [0.4, 0.5) is 5.82 Å². The number of hydrogen-bond donors (Lipinski definition) is 1. The van der Waals surface area contributed by atoms with Crippen LogP contribution in [0.1, 0.15) is 21.9 Å². The lowest BCUT2D eigenvalue weighted by atomic mass is 10.2. The van der Waals surface area contributed by atoms with E-state index in [1.54, 1.807) is 52.1 Å². The van der Waals surface area contributed by atoms with Gasteiger partial charge in [-0.15, -0.1) is 0 Å². The Morgan fingerprint density at radius 1 is 1.07 bits per heavy atom. The van der Waals surface area contributed by atoms with Gasteiger partial charge in [-0.2, -0.15) is 10.2 Å². The molecule has 1 amide bonds. The van der Waals surface area contributed by atoms with Crippen molar-refractivity contribution < 1.29 is 9.21 Å². The van der Waals surface area contributed by atoms with Crippen LogP contribution in [0.15, 0.2) is 65.5 Å². The highest BCUT2D eigenvalue weighted by Gasteiger charge is 2.15. The molecule has 0 unspecified atom stereocenters. The molecule has 1 N–H and O–H groups in total. The molecule has 9 heteroatoms. The topological polar surface area (TPSA) is 77.9 Å². The molecule has 0 aliphatic heterocycles. The standard InChI is InChI=1S/C19H15Cl2N5O2/c20-14-3-2-13(16(21)10-14)11-26-18(6-8-23-26)24-19(27)17-5-4-15(28-17)12-25-9-1-7-22-25/h1-10H,11-12H2,(H,24,27). The van der Waals surface area contributed by atoms with Crippen LogP contribution in [0.5, 0.6) is 0 Å². The van der Waals surface area contributed by atoms with Crippen LogP contribution < -0.4 is 5.32 Å². The number of anilines is 1. The van der Waals surface area contributed by atoms with Crippen LogP contribution in [0.25, 0.3) is 0 Å². The molecule has 0 fully saturated rings. The number of carbonyl (C=O) groups excluding carboxylic acids is 1. The maximum atomic E-state index is 12.5. The van der Waals surface area contributed by atoms with E-state index in [0.717, 1.165) is 5.56 Å². The van der Waals surface area contributed by atoms with Gasteiger partial charge in [0.1, 0.15) is 11.6 Å². The zero-order chi connectivity index (χ0) is 19.5. The Bertz CT molecular complexity index is 1100. The minimum Gasteiger partial charge on any atom is -0.454 e. The molecule has 7 nitrogen and oxygen atoms in total. The SMILES string of the molecule is O=C(Nc1ccnn1Cc1ccc(Cl)cc1Cl)c1ccc(Cn2cccn2)o1. The van der Waals surface area contributed by atoms with Gasteiger partial charge in [-0.05, 0) is 35.9 Å². The van der Waals surface area contributed by atoms with Crippen molar-refractivity contribution in [3.63, 3.8) is 0 Å². The Labute approximate surface area is 170 Å². The summed E-state index contributed by atoms with van der Waals surface area (Å²) in [6.45, 7) is 0.842. The zero-order valence-electron chi connectivity index (χ0n) is 14.5. The third-order valence-electron chi connectivity index (χ3n) is 4.06. The first kappa shape index (κ1) is 18.3. The van der Waals surface area contributed by atoms with Crippen molar-refractivity contribution in [3.05, 3.63) is 88.2 Å². The molecule has 4 aromatic rings. The third-order valence-corrected chi connectivity index (χ3v) is 4.64. The largest absolute Gasteiger partial charge is 0.454 e. The van der Waals surface area contributed by atoms with Crippen LogP contribution >= 0.6 is 23.2 Å². The van der Waals surface area contributed by atoms with Crippen molar-refractivity contribution in [2.75, 3.05) is 5.32 Å². The van der Waals surface area contributed by atoms with E-state index in [0.29, 0.717) is 34.7 Å². The third kappa shape index (κ3) is 4.11. The van der Waals surface area contributed by atoms with Gasteiger partial charge in [0, 0.05) is 28.5 Å². The van der Waals surface area contributed by atoms with Crippen LogP contribution in [0, 0.1) is 0 Å². The minimum absolute atomic E-state index is 0.208. The Kier molecular flexibility index (Phi) is 5.18. The predicted octanol–water partition coefficient (Wildman–Crippen LogP) is 4.33. The number of furan rings is 1. The summed E-state index contributed by atoms with van der Waals surface area (Å²) >= 11 is 12.2. The minimum atomic E-state index is -0.365. The van der Waals surface area contributed by atoms with E-state index < -0.39 is 0 Å². The molecule has 142 valence electrons. The highest BCUT2D eigenvalue weighted by molar-refractivity contribution is 6.35. The first-order valence-corrected chi connectivity index (χ1v) is 9.17. The Balaban J connectivity index is 1.45. The van der Waals surface area contributed by atoms with Gasteiger partial charge in [0.15, 0.2) is 5.76 Å². The van der Waals surface area contributed by atoms with Crippen molar-refractivity contribution in [2.45, 2.75) is 13.1 Å². The first-order valence-electron chi connectivity index (χ1n) is 8.42. The molecular formula is C19H15Cl2N5O2. The van der Waals surface area contributed by atoms with Crippen LogP contribution in [0.2, 0.25) is 10.0 Å². The van der Waals surface area contributed by atoms with Crippen LogP contribution in [0.3, 0.4) is 0 Å². The molecule has 0 aliphatic carbocycles. The molecule has 0 spiro atoms. The molecule has 3 aromatic heterocycles. The van der Waals surface area contributed by atoms with E-state index in [4.69, 9.17) is 27.6 Å². The number of amides is 1. The Morgan fingerprint density at radius 2 is 1.96 bits per heavy atom. The van der Waals surface area contributed by atoms with E-state index in [2.05, 4.69) is 15.5 Å². The Hall–Kier alpha value is -3.03. The number of nitrogens with one attached hydrogen (secondary N) is 1. The predicted molar refractivity (Wildman–Crippen MR) is 106 cm³/mol. The highest BCUT2D eigenvalue weighted by Crippen LogP contribution is 2.23. The number of carbonyl (C=O) groups is 1. The normalized spacial score (nSPS) is 10.9. The summed E-state index contributed by atoms with van der Waals surface area (Å²) in [5, 5.41) is 12.3. The molecule has 0 radical (unpaired) electrons. The van der Waals surface area contributed by atoms with Gasteiger partial charge in [0.25, 0.3) is 5.91 Å². The number of halogens is 2. The summed E-state index contributed by atoms with van der Waals surface area (Å²) in [7, 11) is 0. The lowest BCUT2D eigenvalue weighted by Crippen LogP contribution is -2.15. The molecule has 0 bridgehead atoms. The van der Waals surface area contributed by atoms with E-state index in [-0.39, 0.29) is 11.7 Å². The lowest BCUT2D eigenvalue weighted by molar-refractivity contribution is 0.0993. The average molecular weight is 416 g/mol. The first-order chi connectivity index (χ1) is 13.6. The fraction of sp³-hybridized carbons (Fsp3) is 0.105. The maximum Gasteiger partial charge on any atom is 0.292 e. The number of aromatic nitrogens is 4. The van der Waals surface area contributed by atoms with Gasteiger partial charge in [-0.25, -0.2) is 4.68 Å². The van der Waals surface area contributed by atoms with Crippen molar-refractivity contribution in [2.24, 2.45) is 0 Å². The van der Waals surface area contributed by atoms with E-state index in [1.165, 1.54) is 0 Å². The lowest BCUT2D eigenvalue weighted by Gasteiger charge is -2.10. The number of hydrogen-bond acceptors (Lipinski definition) is 4. The summed E-state index contributed by atoms with van der Waals surface area (Å²) in [4.78, 5) is 12.5. The van der Waals surface area contributed by atoms with Crippen LogP contribution in [-0.4, -0.2) is 25.5 Å². The summed E-state index contributed by atoms with van der Waals surface area (Å²) in [6, 6.07) is 12.2. The molecule has 28 heavy (non-hydrogen) atoms. The number of benzene rings is 1. The second kappa shape index (κ2) is 7.92. The maximum absolute atomic E-state index is 12.5. The summed E-state index contributed by atoms with van der Waals surface area (Å²) < 4.78 is 8.97. The molecule has 1 aromatic carbocycles. The van der Waals surface area contributed by atoms with Crippen molar-refractivity contribution in [1.29, 1.82) is 0 Å². The summed E-state index contributed by atoms with van der Waals surface area (Å²) in [5.41, 5.74) is 0.838. The molecule has 0 saturated heterocycles.